The van der Waals surface area contributed by atoms with Crippen LogP contribution in [0.25, 0.3) is 11.0 Å². The van der Waals surface area contributed by atoms with Crippen molar-refractivity contribution in [3.63, 3.8) is 0 Å². The summed E-state index contributed by atoms with van der Waals surface area (Å²) in [7, 11) is 0. The number of rotatable bonds is 6. The Hall–Kier alpha value is -2.46. The second-order valence-corrected chi connectivity index (χ2v) is 7.59. The van der Waals surface area contributed by atoms with Crippen LogP contribution in [0.1, 0.15) is 36.5 Å². The predicted molar refractivity (Wildman–Crippen MR) is 107 cm³/mol. The van der Waals surface area contributed by atoms with Gasteiger partial charge in [0, 0.05) is 18.0 Å². The quantitative estimate of drug-likeness (QED) is 0.624. The third-order valence-electron chi connectivity index (χ3n) is 5.73. The highest BCUT2D eigenvalue weighted by Crippen LogP contribution is 2.30. The zero-order chi connectivity index (χ0) is 18.8. The SMILES string of the molecule is CCCN(CCc1ccc(O)c(O)c1)[C@H]1CCc2cc3ccoc3cc2C1. The third-order valence-corrected chi connectivity index (χ3v) is 5.73. The molecule has 0 unspecified atom stereocenters. The van der Waals surface area contributed by atoms with E-state index in [0.29, 0.717) is 6.04 Å². The van der Waals surface area contributed by atoms with Crippen molar-refractivity contribution in [3.05, 3.63) is 59.4 Å². The highest BCUT2D eigenvalue weighted by Gasteiger charge is 2.24. The molecule has 1 atom stereocenters. The van der Waals surface area contributed by atoms with Crippen molar-refractivity contribution >= 4 is 11.0 Å². The lowest BCUT2D eigenvalue weighted by Crippen LogP contribution is -2.41. The van der Waals surface area contributed by atoms with Gasteiger partial charge in [-0.25, -0.2) is 0 Å². The van der Waals surface area contributed by atoms with Crippen LogP contribution in [-0.2, 0) is 19.3 Å². The molecule has 1 aliphatic rings. The molecule has 142 valence electrons. The molecular weight excluding hydrogens is 338 g/mol. The van der Waals surface area contributed by atoms with Crippen LogP contribution in [0.15, 0.2) is 47.1 Å². The number of fused-ring (bicyclic) bond motifs is 2. The topological polar surface area (TPSA) is 56.8 Å². The van der Waals surface area contributed by atoms with Crippen LogP contribution in [0.4, 0.5) is 0 Å². The molecule has 27 heavy (non-hydrogen) atoms. The summed E-state index contributed by atoms with van der Waals surface area (Å²) in [6, 6.07) is 12.2. The van der Waals surface area contributed by atoms with Gasteiger partial charge in [0.1, 0.15) is 5.58 Å². The Balaban J connectivity index is 1.47. The van der Waals surface area contributed by atoms with Gasteiger partial charge in [-0.15, -0.1) is 0 Å². The average molecular weight is 365 g/mol. The van der Waals surface area contributed by atoms with Gasteiger partial charge in [0.15, 0.2) is 11.5 Å². The predicted octanol–water partition coefficient (Wildman–Crippen LogP) is 4.66. The van der Waals surface area contributed by atoms with Crippen LogP contribution < -0.4 is 0 Å². The van der Waals surface area contributed by atoms with E-state index in [-0.39, 0.29) is 11.5 Å². The number of aromatic hydroxyl groups is 2. The summed E-state index contributed by atoms with van der Waals surface area (Å²) >= 11 is 0. The molecule has 0 radical (unpaired) electrons. The summed E-state index contributed by atoms with van der Waals surface area (Å²) in [4.78, 5) is 2.58. The summed E-state index contributed by atoms with van der Waals surface area (Å²) in [6.45, 7) is 4.26. The first-order valence-corrected chi connectivity index (χ1v) is 9.88. The van der Waals surface area contributed by atoms with Crippen molar-refractivity contribution < 1.29 is 14.6 Å². The monoisotopic (exact) mass is 365 g/mol. The number of furan rings is 1. The largest absolute Gasteiger partial charge is 0.504 e. The van der Waals surface area contributed by atoms with Crippen molar-refractivity contribution in [1.29, 1.82) is 0 Å². The van der Waals surface area contributed by atoms with Gasteiger partial charge in [0.25, 0.3) is 0 Å². The van der Waals surface area contributed by atoms with Crippen molar-refractivity contribution in [3.8, 4) is 11.5 Å². The second-order valence-electron chi connectivity index (χ2n) is 7.59. The minimum absolute atomic E-state index is 0.0383. The van der Waals surface area contributed by atoms with Crippen LogP contribution in [0, 0.1) is 0 Å². The maximum atomic E-state index is 9.72. The van der Waals surface area contributed by atoms with Crippen LogP contribution in [0.3, 0.4) is 0 Å². The van der Waals surface area contributed by atoms with E-state index >= 15 is 0 Å². The number of phenols is 2. The first kappa shape index (κ1) is 17.9. The van der Waals surface area contributed by atoms with Crippen LogP contribution in [0.5, 0.6) is 11.5 Å². The van der Waals surface area contributed by atoms with E-state index in [1.165, 1.54) is 22.9 Å². The van der Waals surface area contributed by atoms with Crippen LogP contribution >= 0.6 is 0 Å². The zero-order valence-corrected chi connectivity index (χ0v) is 15.8. The molecule has 0 saturated carbocycles. The molecule has 1 aliphatic carbocycles. The molecule has 4 nitrogen and oxygen atoms in total. The number of hydrogen-bond donors (Lipinski definition) is 2. The Morgan fingerprint density at radius 1 is 1.04 bits per heavy atom. The summed E-state index contributed by atoms with van der Waals surface area (Å²) in [5.74, 6) is -0.0964. The molecule has 0 saturated heterocycles. The van der Waals surface area contributed by atoms with Crippen LogP contribution in [-0.4, -0.2) is 34.2 Å². The standard InChI is InChI=1S/C23H27NO3/c1-2-9-24(10-7-16-3-6-21(25)22(26)12-16)20-5-4-17-13-18-8-11-27-23(18)15-19(17)14-20/h3,6,8,11-13,15,20,25-26H,2,4-5,7,9-10,14H2,1H3/t20-/m0/s1. The number of hydrogen-bond acceptors (Lipinski definition) is 4. The fourth-order valence-electron chi connectivity index (χ4n) is 4.27. The van der Waals surface area contributed by atoms with Gasteiger partial charge in [0.2, 0.25) is 0 Å². The minimum atomic E-state index is -0.0581. The Morgan fingerprint density at radius 3 is 2.74 bits per heavy atom. The molecule has 1 aromatic heterocycles. The Kier molecular flexibility index (Phi) is 5.08. The zero-order valence-electron chi connectivity index (χ0n) is 15.8. The maximum Gasteiger partial charge on any atom is 0.157 e. The van der Waals surface area contributed by atoms with Crippen molar-refractivity contribution in [2.45, 2.75) is 45.1 Å². The molecule has 0 aliphatic heterocycles. The smallest absolute Gasteiger partial charge is 0.157 e. The van der Waals surface area contributed by atoms with Gasteiger partial charge >= 0.3 is 0 Å². The highest BCUT2D eigenvalue weighted by atomic mass is 16.3. The van der Waals surface area contributed by atoms with E-state index in [9.17, 15) is 10.2 Å². The Morgan fingerprint density at radius 2 is 1.93 bits per heavy atom. The number of nitrogens with zero attached hydrogens (tertiary/aromatic N) is 1. The van der Waals surface area contributed by atoms with E-state index in [1.807, 2.05) is 12.1 Å². The molecule has 0 fully saturated rings. The summed E-state index contributed by atoms with van der Waals surface area (Å²) in [6.07, 6.45) is 7.12. The van der Waals surface area contributed by atoms with E-state index < -0.39 is 0 Å². The molecule has 0 spiro atoms. The Labute approximate surface area is 160 Å². The molecule has 4 heteroatoms. The maximum absolute atomic E-state index is 9.72. The van der Waals surface area contributed by atoms with E-state index in [1.54, 1.807) is 18.4 Å². The molecule has 4 rings (SSSR count). The van der Waals surface area contributed by atoms with Gasteiger partial charge in [-0.05, 0) is 85.7 Å². The second kappa shape index (κ2) is 7.65. The molecule has 0 amide bonds. The molecular formula is C23H27NO3. The van der Waals surface area contributed by atoms with Crippen molar-refractivity contribution in [2.24, 2.45) is 0 Å². The summed E-state index contributed by atoms with van der Waals surface area (Å²) in [5, 5.41) is 20.4. The van der Waals surface area contributed by atoms with Gasteiger partial charge < -0.3 is 14.6 Å². The fourth-order valence-corrected chi connectivity index (χ4v) is 4.27. The number of benzene rings is 2. The summed E-state index contributed by atoms with van der Waals surface area (Å²) < 4.78 is 5.60. The number of aryl methyl sites for hydroxylation is 1. The molecule has 3 aromatic rings. The molecule has 1 heterocycles. The first-order valence-electron chi connectivity index (χ1n) is 9.88. The van der Waals surface area contributed by atoms with Crippen LogP contribution in [0.2, 0.25) is 0 Å². The number of phenolic OH excluding ortho intramolecular Hbond substituents is 2. The minimum Gasteiger partial charge on any atom is -0.504 e. The van der Waals surface area contributed by atoms with Crippen molar-refractivity contribution in [1.82, 2.24) is 4.90 Å². The van der Waals surface area contributed by atoms with Gasteiger partial charge in [-0.1, -0.05) is 13.0 Å². The van der Waals surface area contributed by atoms with E-state index in [0.717, 1.165) is 49.9 Å². The summed E-state index contributed by atoms with van der Waals surface area (Å²) in [5.41, 5.74) is 4.91. The molecule has 2 aromatic carbocycles. The lowest BCUT2D eigenvalue weighted by atomic mass is 9.86. The highest BCUT2D eigenvalue weighted by molar-refractivity contribution is 5.79. The Bertz CT molecular complexity index is 931. The lowest BCUT2D eigenvalue weighted by Gasteiger charge is -2.35. The lowest BCUT2D eigenvalue weighted by molar-refractivity contribution is 0.182. The van der Waals surface area contributed by atoms with E-state index in [2.05, 4.69) is 24.0 Å². The van der Waals surface area contributed by atoms with Gasteiger partial charge in [-0.3, -0.25) is 4.90 Å². The third kappa shape index (κ3) is 3.81. The molecule has 2 N–H and O–H groups in total. The molecule has 0 bridgehead atoms. The van der Waals surface area contributed by atoms with E-state index in [4.69, 9.17) is 4.42 Å². The van der Waals surface area contributed by atoms with Gasteiger partial charge in [-0.2, -0.15) is 0 Å². The van der Waals surface area contributed by atoms with Gasteiger partial charge in [0.05, 0.1) is 6.26 Å². The first-order chi connectivity index (χ1) is 13.1. The fraction of sp³-hybridized carbons (Fsp3) is 0.391. The average Bonchev–Trinajstić information content (AvgIpc) is 3.12. The normalized spacial score (nSPS) is 16.7. The van der Waals surface area contributed by atoms with Crippen molar-refractivity contribution in [2.75, 3.05) is 13.1 Å².